The Balaban J connectivity index is 1.62. The molecule has 0 saturated carbocycles. The number of fused-ring (bicyclic) bond motifs is 1. The van der Waals surface area contributed by atoms with Crippen LogP contribution in [0.25, 0.3) is 21.5 Å². The molecule has 0 aliphatic carbocycles. The number of likely N-dealkylation sites (tertiary alicyclic amines) is 1. The Morgan fingerprint density at radius 1 is 1.22 bits per heavy atom. The van der Waals surface area contributed by atoms with Gasteiger partial charge in [-0.1, -0.05) is 31.2 Å². The molecule has 1 saturated heterocycles. The van der Waals surface area contributed by atoms with E-state index in [2.05, 4.69) is 18.3 Å². The quantitative estimate of drug-likeness (QED) is 0.713. The van der Waals surface area contributed by atoms with Gasteiger partial charge in [0.15, 0.2) is 0 Å². The summed E-state index contributed by atoms with van der Waals surface area (Å²) in [7, 11) is 0. The number of aromatic nitrogens is 1. The zero-order valence-electron chi connectivity index (χ0n) is 15.6. The van der Waals surface area contributed by atoms with E-state index in [9.17, 15) is 4.79 Å². The number of piperidine rings is 1. The predicted molar refractivity (Wildman–Crippen MR) is 112 cm³/mol. The van der Waals surface area contributed by atoms with Gasteiger partial charge in [-0.15, -0.1) is 11.3 Å². The fraction of sp³-hybridized carbons (Fsp3) is 0.364. The first-order chi connectivity index (χ1) is 13.3. The zero-order valence-corrected chi connectivity index (χ0v) is 16.5. The van der Waals surface area contributed by atoms with Gasteiger partial charge in [-0.2, -0.15) is 0 Å². The van der Waals surface area contributed by atoms with Crippen LogP contribution in [0.3, 0.4) is 0 Å². The van der Waals surface area contributed by atoms with Crippen LogP contribution in [-0.4, -0.2) is 42.0 Å². The van der Waals surface area contributed by atoms with Crippen LogP contribution in [-0.2, 0) is 0 Å². The lowest BCUT2D eigenvalue weighted by molar-refractivity contribution is 0.0692. The first-order valence-corrected chi connectivity index (χ1v) is 10.6. The smallest absolute Gasteiger partial charge is 0.254 e. The summed E-state index contributed by atoms with van der Waals surface area (Å²) in [5.41, 5.74) is 2.54. The molecular weight excluding hydrogens is 354 g/mol. The summed E-state index contributed by atoms with van der Waals surface area (Å²) in [6.07, 6.45) is 2.14. The molecule has 2 aromatic heterocycles. The van der Waals surface area contributed by atoms with Crippen molar-refractivity contribution in [3.8, 4) is 10.6 Å². The second-order valence-electron chi connectivity index (χ2n) is 7.09. The summed E-state index contributed by atoms with van der Waals surface area (Å²) in [6.45, 7) is 5.87. The van der Waals surface area contributed by atoms with E-state index in [0.29, 0.717) is 5.92 Å². The summed E-state index contributed by atoms with van der Waals surface area (Å²) in [6, 6.07) is 14.0. The van der Waals surface area contributed by atoms with Gasteiger partial charge in [-0.3, -0.25) is 4.79 Å². The number of amides is 1. The molecule has 0 radical (unpaired) electrons. The largest absolute Gasteiger partial charge is 0.339 e. The van der Waals surface area contributed by atoms with Gasteiger partial charge in [-0.25, -0.2) is 4.98 Å². The van der Waals surface area contributed by atoms with Crippen LogP contribution in [0.1, 0.15) is 30.1 Å². The van der Waals surface area contributed by atoms with Crippen molar-refractivity contribution >= 4 is 28.1 Å². The van der Waals surface area contributed by atoms with Gasteiger partial charge in [0.05, 0.1) is 21.7 Å². The standard InChI is InChI=1S/C22H25N3OS/c1-2-23-15-16-9-11-25(12-10-16)22(26)18-14-20(21-8-5-13-27-21)24-19-7-4-3-6-17(18)19/h3-8,13-14,16,23H,2,9-12,15H2,1H3. The van der Waals surface area contributed by atoms with Gasteiger partial charge < -0.3 is 10.2 Å². The number of benzene rings is 1. The minimum Gasteiger partial charge on any atom is -0.339 e. The molecule has 0 spiro atoms. The van der Waals surface area contributed by atoms with E-state index in [4.69, 9.17) is 4.98 Å². The van der Waals surface area contributed by atoms with Gasteiger partial charge in [0, 0.05) is 18.5 Å². The fourth-order valence-corrected chi connectivity index (χ4v) is 4.45. The molecule has 4 rings (SSSR count). The van der Waals surface area contributed by atoms with Crippen molar-refractivity contribution in [1.29, 1.82) is 0 Å². The highest BCUT2D eigenvalue weighted by Gasteiger charge is 2.25. The Kier molecular flexibility index (Phi) is 5.50. The van der Waals surface area contributed by atoms with E-state index in [1.54, 1.807) is 11.3 Å². The Morgan fingerprint density at radius 3 is 2.78 bits per heavy atom. The van der Waals surface area contributed by atoms with Crippen molar-refractivity contribution in [1.82, 2.24) is 15.2 Å². The molecular formula is C22H25N3OS. The lowest BCUT2D eigenvalue weighted by atomic mass is 9.95. The zero-order chi connectivity index (χ0) is 18.6. The van der Waals surface area contributed by atoms with E-state index in [1.165, 1.54) is 0 Å². The third-order valence-electron chi connectivity index (χ3n) is 5.30. The lowest BCUT2D eigenvalue weighted by Gasteiger charge is -2.32. The maximum atomic E-state index is 13.3. The number of hydrogen-bond acceptors (Lipinski definition) is 4. The second kappa shape index (κ2) is 8.19. The maximum Gasteiger partial charge on any atom is 0.254 e. The lowest BCUT2D eigenvalue weighted by Crippen LogP contribution is -2.40. The van der Waals surface area contributed by atoms with Crippen LogP contribution >= 0.6 is 11.3 Å². The molecule has 5 heteroatoms. The van der Waals surface area contributed by atoms with Gasteiger partial charge in [0.25, 0.3) is 5.91 Å². The Labute approximate surface area is 164 Å². The van der Waals surface area contributed by atoms with Crippen molar-refractivity contribution in [2.45, 2.75) is 19.8 Å². The van der Waals surface area contributed by atoms with E-state index in [1.807, 2.05) is 46.7 Å². The summed E-state index contributed by atoms with van der Waals surface area (Å²) >= 11 is 1.65. The molecule has 1 aliphatic heterocycles. The molecule has 0 atom stereocenters. The fourth-order valence-electron chi connectivity index (χ4n) is 3.76. The number of thiophene rings is 1. The maximum absolute atomic E-state index is 13.3. The molecule has 1 amide bonds. The highest BCUT2D eigenvalue weighted by atomic mass is 32.1. The Bertz CT molecular complexity index is 914. The van der Waals surface area contributed by atoms with Gasteiger partial charge in [0.1, 0.15) is 0 Å². The number of carbonyl (C=O) groups excluding carboxylic acids is 1. The number of nitrogens with one attached hydrogen (secondary N) is 1. The summed E-state index contributed by atoms with van der Waals surface area (Å²) in [4.78, 5) is 21.2. The summed E-state index contributed by atoms with van der Waals surface area (Å²) in [5, 5.41) is 6.42. The van der Waals surface area contributed by atoms with Crippen LogP contribution in [0.2, 0.25) is 0 Å². The third kappa shape index (κ3) is 3.89. The molecule has 3 heterocycles. The molecule has 0 unspecified atom stereocenters. The molecule has 3 aromatic rings. The third-order valence-corrected chi connectivity index (χ3v) is 6.20. The molecule has 0 bridgehead atoms. The average Bonchev–Trinajstić information content (AvgIpc) is 3.26. The average molecular weight is 380 g/mol. The Hall–Kier alpha value is -2.24. The monoisotopic (exact) mass is 379 g/mol. The molecule has 1 aliphatic rings. The van der Waals surface area contributed by atoms with Gasteiger partial charge in [-0.05, 0) is 55.4 Å². The molecule has 1 N–H and O–H groups in total. The number of para-hydroxylation sites is 1. The highest BCUT2D eigenvalue weighted by molar-refractivity contribution is 7.13. The van der Waals surface area contributed by atoms with Crippen LogP contribution < -0.4 is 5.32 Å². The number of carbonyl (C=O) groups is 1. The molecule has 1 aromatic carbocycles. The van der Waals surface area contributed by atoms with Crippen molar-refractivity contribution in [3.63, 3.8) is 0 Å². The highest BCUT2D eigenvalue weighted by Crippen LogP contribution is 2.29. The van der Waals surface area contributed by atoms with Gasteiger partial charge >= 0.3 is 0 Å². The van der Waals surface area contributed by atoms with E-state index in [-0.39, 0.29) is 5.91 Å². The van der Waals surface area contributed by atoms with Gasteiger partial charge in [0.2, 0.25) is 0 Å². The SMILES string of the molecule is CCNCC1CCN(C(=O)c2cc(-c3cccs3)nc3ccccc23)CC1. The normalized spacial score (nSPS) is 15.4. The van der Waals surface area contributed by atoms with Crippen molar-refractivity contribution in [2.24, 2.45) is 5.92 Å². The number of hydrogen-bond donors (Lipinski definition) is 1. The predicted octanol–water partition coefficient (Wildman–Crippen LogP) is 4.43. The van der Waals surface area contributed by atoms with E-state index >= 15 is 0 Å². The first-order valence-electron chi connectivity index (χ1n) is 9.70. The van der Waals surface area contributed by atoms with Crippen LogP contribution in [0.5, 0.6) is 0 Å². The summed E-state index contributed by atoms with van der Waals surface area (Å²) in [5.74, 6) is 0.804. The first kappa shape index (κ1) is 18.1. The molecule has 1 fully saturated rings. The number of pyridine rings is 1. The topological polar surface area (TPSA) is 45.2 Å². The van der Waals surface area contributed by atoms with Crippen molar-refractivity contribution in [2.75, 3.05) is 26.2 Å². The molecule has 27 heavy (non-hydrogen) atoms. The number of nitrogens with zero attached hydrogens (tertiary/aromatic N) is 2. The minimum absolute atomic E-state index is 0.133. The molecule has 4 nitrogen and oxygen atoms in total. The van der Waals surface area contributed by atoms with Crippen LogP contribution in [0, 0.1) is 5.92 Å². The number of rotatable bonds is 5. The summed E-state index contributed by atoms with van der Waals surface area (Å²) < 4.78 is 0. The van der Waals surface area contributed by atoms with Crippen molar-refractivity contribution in [3.05, 3.63) is 53.4 Å². The Morgan fingerprint density at radius 2 is 2.04 bits per heavy atom. The van der Waals surface area contributed by atoms with E-state index < -0.39 is 0 Å². The molecule has 140 valence electrons. The van der Waals surface area contributed by atoms with Crippen LogP contribution in [0.4, 0.5) is 0 Å². The van der Waals surface area contributed by atoms with E-state index in [0.717, 1.165) is 66.1 Å². The van der Waals surface area contributed by atoms with Crippen molar-refractivity contribution < 1.29 is 4.79 Å². The second-order valence-corrected chi connectivity index (χ2v) is 8.04. The minimum atomic E-state index is 0.133. The van der Waals surface area contributed by atoms with Crippen LogP contribution in [0.15, 0.2) is 47.8 Å².